The van der Waals surface area contributed by atoms with E-state index in [1.807, 2.05) is 6.92 Å². The summed E-state index contributed by atoms with van der Waals surface area (Å²) in [7, 11) is -3.69. The van der Waals surface area contributed by atoms with Gasteiger partial charge in [-0.3, -0.25) is 0 Å². The number of benzene rings is 1. The zero-order chi connectivity index (χ0) is 15.7. The summed E-state index contributed by atoms with van der Waals surface area (Å²) in [5, 5.41) is 10.1. The van der Waals surface area contributed by atoms with E-state index in [-0.39, 0.29) is 11.4 Å². The van der Waals surface area contributed by atoms with E-state index < -0.39 is 15.6 Å². The average Bonchev–Trinajstić information content (AvgIpc) is 2.40. The Morgan fingerprint density at radius 3 is 2.81 bits per heavy atom. The lowest BCUT2D eigenvalue weighted by Gasteiger charge is -2.36. The van der Waals surface area contributed by atoms with Crippen LogP contribution in [-0.4, -0.2) is 43.1 Å². The zero-order valence-electron chi connectivity index (χ0n) is 12.2. The lowest BCUT2D eigenvalue weighted by Crippen LogP contribution is -2.48. The number of sulfonamides is 1. The third-order valence-electron chi connectivity index (χ3n) is 3.46. The summed E-state index contributed by atoms with van der Waals surface area (Å²) in [5.41, 5.74) is -0.983. The van der Waals surface area contributed by atoms with Gasteiger partial charge >= 0.3 is 0 Å². The van der Waals surface area contributed by atoms with Gasteiger partial charge in [0.25, 0.3) is 0 Å². The van der Waals surface area contributed by atoms with Crippen LogP contribution in [0.25, 0.3) is 0 Å². The lowest BCUT2D eigenvalue weighted by molar-refractivity contribution is 0.00935. The van der Waals surface area contributed by atoms with E-state index in [0.29, 0.717) is 36.2 Å². The molecule has 1 heterocycles. The molecule has 7 heteroatoms. The molecule has 0 aromatic heterocycles. The number of halogens is 1. The van der Waals surface area contributed by atoms with Crippen molar-refractivity contribution >= 4 is 26.0 Å². The minimum atomic E-state index is -3.69. The van der Waals surface area contributed by atoms with Crippen molar-refractivity contribution in [1.29, 1.82) is 0 Å². The van der Waals surface area contributed by atoms with Crippen LogP contribution in [0.4, 0.5) is 0 Å². The molecule has 1 unspecified atom stereocenters. The van der Waals surface area contributed by atoms with Crippen molar-refractivity contribution < 1.29 is 18.3 Å². The molecule has 0 amide bonds. The average molecular weight is 378 g/mol. The number of β-amino-alcohol motifs (C(OH)–C–C–N with tert-alkyl or cyclic N) is 1. The maximum atomic E-state index is 12.8. The molecular formula is C14H20BrNO4S. The molecule has 118 valence electrons. The van der Waals surface area contributed by atoms with Crippen LogP contribution in [0.1, 0.15) is 26.7 Å². The van der Waals surface area contributed by atoms with E-state index in [1.165, 1.54) is 4.31 Å². The lowest BCUT2D eigenvalue weighted by atomic mass is 9.97. The Hall–Kier alpha value is -0.630. The Kier molecular flexibility index (Phi) is 4.97. The van der Waals surface area contributed by atoms with Crippen LogP contribution < -0.4 is 4.74 Å². The van der Waals surface area contributed by atoms with Crippen molar-refractivity contribution in [3.63, 3.8) is 0 Å². The van der Waals surface area contributed by atoms with Gasteiger partial charge in [0.15, 0.2) is 0 Å². The monoisotopic (exact) mass is 377 g/mol. The number of rotatable bonds is 4. The van der Waals surface area contributed by atoms with E-state index in [4.69, 9.17) is 4.74 Å². The number of hydrogen-bond donors (Lipinski definition) is 1. The third-order valence-corrected chi connectivity index (χ3v) is 5.82. The van der Waals surface area contributed by atoms with Crippen molar-refractivity contribution in [3.8, 4) is 5.75 Å². The van der Waals surface area contributed by atoms with E-state index >= 15 is 0 Å². The fourth-order valence-electron chi connectivity index (χ4n) is 2.48. The van der Waals surface area contributed by atoms with E-state index in [9.17, 15) is 13.5 Å². The second kappa shape index (κ2) is 6.24. The van der Waals surface area contributed by atoms with Gasteiger partial charge in [-0.1, -0.05) is 15.9 Å². The first kappa shape index (κ1) is 16.7. The smallest absolute Gasteiger partial charge is 0.246 e. The molecule has 1 aliphatic rings. The molecule has 1 aliphatic heterocycles. The zero-order valence-corrected chi connectivity index (χ0v) is 14.6. The molecule has 21 heavy (non-hydrogen) atoms. The predicted octanol–water partition coefficient (Wildman–Crippen LogP) is 2.38. The van der Waals surface area contributed by atoms with Gasteiger partial charge in [0.2, 0.25) is 10.0 Å². The highest BCUT2D eigenvalue weighted by Crippen LogP contribution is 2.32. The molecule has 0 aliphatic carbocycles. The molecule has 1 fully saturated rings. The first-order valence-corrected chi connectivity index (χ1v) is 9.14. The van der Waals surface area contributed by atoms with Gasteiger partial charge in [-0.05, 0) is 44.9 Å². The van der Waals surface area contributed by atoms with Crippen LogP contribution in [0.15, 0.2) is 27.6 Å². The van der Waals surface area contributed by atoms with Crippen molar-refractivity contribution in [2.45, 2.75) is 37.2 Å². The minimum absolute atomic E-state index is 0.105. The van der Waals surface area contributed by atoms with Crippen LogP contribution in [0.2, 0.25) is 0 Å². The van der Waals surface area contributed by atoms with Gasteiger partial charge in [-0.25, -0.2) is 8.42 Å². The quantitative estimate of drug-likeness (QED) is 0.874. The molecule has 5 nitrogen and oxygen atoms in total. The summed E-state index contributed by atoms with van der Waals surface area (Å²) in [4.78, 5) is 0.136. The Balaban J connectivity index is 2.41. The molecular weight excluding hydrogens is 358 g/mol. The standard InChI is InChI=1S/C14H20BrNO4S/c1-3-20-12-6-5-11(15)9-13(12)21(18,19)16-8-4-7-14(2,17)10-16/h5-6,9,17H,3-4,7-8,10H2,1-2H3. The van der Waals surface area contributed by atoms with Crippen LogP contribution in [0.5, 0.6) is 5.75 Å². The Morgan fingerprint density at radius 2 is 2.19 bits per heavy atom. The SMILES string of the molecule is CCOc1ccc(Br)cc1S(=O)(=O)N1CCCC(C)(O)C1. The topological polar surface area (TPSA) is 66.8 Å². The fraction of sp³-hybridized carbons (Fsp3) is 0.571. The Morgan fingerprint density at radius 1 is 1.48 bits per heavy atom. The van der Waals surface area contributed by atoms with Crippen LogP contribution >= 0.6 is 15.9 Å². The third kappa shape index (κ3) is 3.77. The molecule has 1 aromatic carbocycles. The summed E-state index contributed by atoms with van der Waals surface area (Å²) in [6.45, 7) is 4.38. The van der Waals surface area contributed by atoms with E-state index in [0.717, 1.165) is 0 Å². The first-order valence-electron chi connectivity index (χ1n) is 6.91. The molecule has 0 saturated carbocycles. The van der Waals surface area contributed by atoms with Gasteiger partial charge in [0, 0.05) is 17.6 Å². The van der Waals surface area contributed by atoms with Crippen molar-refractivity contribution in [2.75, 3.05) is 19.7 Å². The number of piperidine rings is 1. The molecule has 1 saturated heterocycles. The molecule has 1 aromatic rings. The Labute approximate surface area is 134 Å². The maximum Gasteiger partial charge on any atom is 0.246 e. The highest BCUT2D eigenvalue weighted by Gasteiger charge is 2.36. The second-order valence-corrected chi connectivity index (χ2v) is 8.29. The van der Waals surface area contributed by atoms with E-state index in [2.05, 4.69) is 15.9 Å². The number of hydrogen-bond acceptors (Lipinski definition) is 4. The molecule has 0 radical (unpaired) electrons. The van der Waals surface area contributed by atoms with Gasteiger partial charge in [-0.2, -0.15) is 4.31 Å². The second-order valence-electron chi connectivity index (χ2n) is 5.46. The number of aliphatic hydroxyl groups is 1. The maximum absolute atomic E-state index is 12.8. The molecule has 1 atom stereocenters. The largest absolute Gasteiger partial charge is 0.492 e. The van der Waals surface area contributed by atoms with Gasteiger partial charge in [0.05, 0.1) is 12.2 Å². The predicted molar refractivity (Wildman–Crippen MR) is 83.9 cm³/mol. The summed E-state index contributed by atoms with van der Waals surface area (Å²) in [6, 6.07) is 4.93. The van der Waals surface area contributed by atoms with E-state index in [1.54, 1.807) is 25.1 Å². The highest BCUT2D eigenvalue weighted by molar-refractivity contribution is 9.10. The van der Waals surface area contributed by atoms with Crippen LogP contribution in [0, 0.1) is 0 Å². The molecule has 0 spiro atoms. The van der Waals surface area contributed by atoms with Crippen LogP contribution in [0.3, 0.4) is 0 Å². The molecule has 0 bridgehead atoms. The number of nitrogens with zero attached hydrogens (tertiary/aromatic N) is 1. The van der Waals surface area contributed by atoms with Gasteiger partial charge in [-0.15, -0.1) is 0 Å². The summed E-state index contributed by atoms with van der Waals surface area (Å²) >= 11 is 3.30. The molecule has 2 rings (SSSR count). The first-order chi connectivity index (χ1) is 9.76. The van der Waals surface area contributed by atoms with Crippen LogP contribution in [-0.2, 0) is 10.0 Å². The van der Waals surface area contributed by atoms with Gasteiger partial charge < -0.3 is 9.84 Å². The molecule has 1 N–H and O–H groups in total. The van der Waals surface area contributed by atoms with Crippen molar-refractivity contribution in [1.82, 2.24) is 4.31 Å². The Bertz CT molecular complexity index is 615. The van der Waals surface area contributed by atoms with Crippen molar-refractivity contribution in [2.24, 2.45) is 0 Å². The summed E-state index contributed by atoms with van der Waals surface area (Å²) in [5.74, 6) is 0.339. The highest BCUT2D eigenvalue weighted by atomic mass is 79.9. The fourth-order valence-corrected chi connectivity index (χ4v) is 4.74. The minimum Gasteiger partial charge on any atom is -0.492 e. The number of ether oxygens (including phenoxy) is 1. The summed E-state index contributed by atoms with van der Waals surface area (Å²) < 4.78 is 33.1. The normalized spacial score (nSPS) is 24.0. The van der Waals surface area contributed by atoms with Crippen molar-refractivity contribution in [3.05, 3.63) is 22.7 Å². The van der Waals surface area contributed by atoms with Gasteiger partial charge in [0.1, 0.15) is 10.6 Å². The summed E-state index contributed by atoms with van der Waals surface area (Å²) in [6.07, 6.45) is 1.25.